The topological polar surface area (TPSA) is 44.5 Å². The summed E-state index contributed by atoms with van der Waals surface area (Å²) in [6.45, 7) is 3.86. The molecule has 1 atom stereocenters. The van der Waals surface area contributed by atoms with E-state index >= 15 is 0 Å². The summed E-state index contributed by atoms with van der Waals surface area (Å²) in [4.78, 5) is 3.32. The number of nitrogens with zero attached hydrogens (tertiary/aromatic N) is 1. The van der Waals surface area contributed by atoms with Crippen molar-refractivity contribution >= 4 is 10.9 Å². The van der Waals surface area contributed by atoms with Crippen LogP contribution in [0.1, 0.15) is 23.5 Å². The predicted molar refractivity (Wildman–Crippen MR) is 73.5 cm³/mol. The smallest absolute Gasteiger partial charge is 0.0525 e. The van der Waals surface area contributed by atoms with Crippen LogP contribution in [0.5, 0.6) is 0 Å². The third kappa shape index (κ3) is 1.74. The average molecular weight is 237 g/mol. The van der Waals surface area contributed by atoms with E-state index in [2.05, 4.69) is 46.2 Å². The molecule has 0 saturated heterocycles. The van der Waals surface area contributed by atoms with Crippen molar-refractivity contribution in [2.45, 2.75) is 12.3 Å². The molecule has 2 aromatic heterocycles. The second-order valence-electron chi connectivity index (χ2n) is 4.40. The van der Waals surface area contributed by atoms with Crippen LogP contribution in [0.3, 0.4) is 0 Å². The number of aromatic nitrogens is 3. The molecule has 18 heavy (non-hydrogen) atoms. The lowest BCUT2D eigenvalue weighted by atomic mass is 9.90. The summed E-state index contributed by atoms with van der Waals surface area (Å²) < 4.78 is 0. The lowest BCUT2D eigenvalue weighted by Crippen LogP contribution is -1.97. The molecular weight excluding hydrogens is 222 g/mol. The number of H-pyrrole nitrogens is 2. The number of aromatic amines is 2. The molecule has 1 unspecified atom stereocenters. The number of hydrogen-bond donors (Lipinski definition) is 2. The van der Waals surface area contributed by atoms with Crippen molar-refractivity contribution in [3.05, 3.63) is 66.6 Å². The normalized spacial score (nSPS) is 12.7. The molecule has 0 amide bonds. The number of fused-ring (bicyclic) bond motifs is 1. The molecule has 3 heteroatoms. The van der Waals surface area contributed by atoms with Crippen molar-refractivity contribution in [1.29, 1.82) is 0 Å². The van der Waals surface area contributed by atoms with Gasteiger partial charge >= 0.3 is 0 Å². The van der Waals surface area contributed by atoms with Crippen LogP contribution >= 0.6 is 0 Å². The lowest BCUT2D eigenvalue weighted by molar-refractivity contribution is 0.839. The predicted octanol–water partition coefficient (Wildman–Crippen LogP) is 3.60. The minimum atomic E-state index is 0.303. The molecule has 90 valence electrons. The van der Waals surface area contributed by atoms with E-state index in [0.29, 0.717) is 5.92 Å². The van der Waals surface area contributed by atoms with Gasteiger partial charge < -0.3 is 4.98 Å². The number of para-hydroxylation sites is 1. The van der Waals surface area contributed by atoms with E-state index < -0.39 is 0 Å². The third-order valence-corrected chi connectivity index (χ3v) is 3.32. The Morgan fingerprint density at radius 1 is 1.28 bits per heavy atom. The zero-order valence-electron chi connectivity index (χ0n) is 10.1. The summed E-state index contributed by atoms with van der Waals surface area (Å²) >= 11 is 0. The lowest BCUT2D eigenvalue weighted by Gasteiger charge is -2.12. The minimum absolute atomic E-state index is 0.303. The molecule has 0 aliphatic heterocycles. The van der Waals surface area contributed by atoms with Gasteiger partial charge in [0.15, 0.2) is 0 Å². The molecule has 0 spiro atoms. The first kappa shape index (κ1) is 10.8. The molecule has 0 radical (unpaired) electrons. The van der Waals surface area contributed by atoms with Gasteiger partial charge in [0.1, 0.15) is 0 Å². The molecule has 1 aromatic carbocycles. The van der Waals surface area contributed by atoms with Crippen molar-refractivity contribution in [2.75, 3.05) is 0 Å². The Labute approximate surface area is 106 Å². The molecule has 2 heterocycles. The first-order valence-electron chi connectivity index (χ1n) is 6.05. The Morgan fingerprint density at radius 3 is 2.94 bits per heavy atom. The van der Waals surface area contributed by atoms with Crippen LogP contribution in [0.4, 0.5) is 0 Å². The fourth-order valence-electron chi connectivity index (χ4n) is 2.44. The number of benzene rings is 1. The van der Waals surface area contributed by atoms with Crippen LogP contribution in [0.2, 0.25) is 0 Å². The maximum atomic E-state index is 4.05. The SMILES string of the molecule is C=CCC(c1cn[nH]c1)c1c[nH]c2ccccc12. The van der Waals surface area contributed by atoms with Crippen molar-refractivity contribution in [3.63, 3.8) is 0 Å². The fourth-order valence-corrected chi connectivity index (χ4v) is 2.44. The van der Waals surface area contributed by atoms with E-state index in [9.17, 15) is 0 Å². The molecule has 3 aromatic rings. The van der Waals surface area contributed by atoms with Gasteiger partial charge in [-0.1, -0.05) is 24.3 Å². The van der Waals surface area contributed by atoms with Gasteiger partial charge in [-0.05, 0) is 23.6 Å². The van der Waals surface area contributed by atoms with Crippen LogP contribution in [-0.4, -0.2) is 15.2 Å². The number of rotatable bonds is 4. The molecule has 0 aliphatic rings. The third-order valence-electron chi connectivity index (χ3n) is 3.32. The summed E-state index contributed by atoms with van der Waals surface area (Å²) in [5.74, 6) is 0.303. The van der Waals surface area contributed by atoms with E-state index in [1.165, 1.54) is 22.0 Å². The molecular formula is C15H15N3. The van der Waals surface area contributed by atoms with Crippen LogP contribution in [0.15, 0.2) is 55.5 Å². The van der Waals surface area contributed by atoms with Crippen molar-refractivity contribution in [1.82, 2.24) is 15.2 Å². The first-order valence-corrected chi connectivity index (χ1v) is 6.05. The molecule has 0 saturated carbocycles. The maximum absolute atomic E-state index is 4.05. The number of nitrogens with one attached hydrogen (secondary N) is 2. The first-order chi connectivity index (χ1) is 8.90. The fraction of sp³-hybridized carbons (Fsp3) is 0.133. The second kappa shape index (κ2) is 4.53. The summed E-state index contributed by atoms with van der Waals surface area (Å²) in [7, 11) is 0. The summed E-state index contributed by atoms with van der Waals surface area (Å²) in [5.41, 5.74) is 3.66. The van der Waals surface area contributed by atoms with Gasteiger partial charge in [0.2, 0.25) is 0 Å². The molecule has 3 rings (SSSR count). The van der Waals surface area contributed by atoms with Crippen LogP contribution in [-0.2, 0) is 0 Å². The molecule has 0 aliphatic carbocycles. The highest BCUT2D eigenvalue weighted by Gasteiger charge is 2.17. The van der Waals surface area contributed by atoms with Crippen LogP contribution < -0.4 is 0 Å². The van der Waals surface area contributed by atoms with Crippen molar-refractivity contribution in [2.24, 2.45) is 0 Å². The zero-order valence-corrected chi connectivity index (χ0v) is 10.1. The van der Waals surface area contributed by atoms with Crippen molar-refractivity contribution < 1.29 is 0 Å². The van der Waals surface area contributed by atoms with Gasteiger partial charge in [-0.3, -0.25) is 5.10 Å². The average Bonchev–Trinajstić information content (AvgIpc) is 3.06. The summed E-state index contributed by atoms with van der Waals surface area (Å²) in [5, 5.41) is 8.20. The maximum Gasteiger partial charge on any atom is 0.0525 e. The molecule has 0 bridgehead atoms. The van der Waals surface area contributed by atoms with E-state index in [1.54, 1.807) is 0 Å². The highest BCUT2D eigenvalue weighted by Crippen LogP contribution is 2.32. The van der Waals surface area contributed by atoms with Gasteiger partial charge in [-0.25, -0.2) is 0 Å². The Bertz CT molecular complexity index is 649. The number of allylic oxidation sites excluding steroid dienone is 1. The molecule has 3 nitrogen and oxygen atoms in total. The van der Waals surface area contributed by atoms with E-state index in [-0.39, 0.29) is 0 Å². The van der Waals surface area contributed by atoms with Gasteiger partial charge in [0.05, 0.1) is 6.20 Å². The second-order valence-corrected chi connectivity index (χ2v) is 4.40. The van der Waals surface area contributed by atoms with E-state index in [1.807, 2.05) is 24.5 Å². The van der Waals surface area contributed by atoms with Gasteiger partial charge in [0, 0.05) is 29.2 Å². The Hall–Kier alpha value is -2.29. The van der Waals surface area contributed by atoms with Gasteiger partial charge in [-0.15, -0.1) is 6.58 Å². The van der Waals surface area contributed by atoms with E-state index in [0.717, 1.165) is 6.42 Å². The monoisotopic (exact) mass is 237 g/mol. The summed E-state index contributed by atoms with van der Waals surface area (Å²) in [6, 6.07) is 8.36. The largest absolute Gasteiger partial charge is 0.361 e. The zero-order chi connectivity index (χ0) is 12.4. The summed E-state index contributed by atoms with van der Waals surface area (Å²) in [6.07, 6.45) is 8.79. The Morgan fingerprint density at radius 2 is 2.17 bits per heavy atom. The van der Waals surface area contributed by atoms with Crippen molar-refractivity contribution in [3.8, 4) is 0 Å². The number of hydrogen-bond acceptors (Lipinski definition) is 1. The van der Waals surface area contributed by atoms with E-state index in [4.69, 9.17) is 0 Å². The molecule has 2 N–H and O–H groups in total. The Balaban J connectivity index is 2.12. The quantitative estimate of drug-likeness (QED) is 0.669. The molecule has 0 fully saturated rings. The van der Waals surface area contributed by atoms with Gasteiger partial charge in [-0.2, -0.15) is 5.10 Å². The van der Waals surface area contributed by atoms with Crippen LogP contribution in [0, 0.1) is 0 Å². The highest BCUT2D eigenvalue weighted by molar-refractivity contribution is 5.84. The standard InChI is InChI=1S/C15H15N3/c1-2-5-12(11-8-17-18-9-11)14-10-16-15-7-4-3-6-13(14)15/h2-4,6-10,12,16H,1,5H2,(H,17,18). The highest BCUT2D eigenvalue weighted by atomic mass is 15.1. The van der Waals surface area contributed by atoms with Gasteiger partial charge in [0.25, 0.3) is 0 Å². The Kier molecular flexibility index (Phi) is 2.73. The van der Waals surface area contributed by atoms with Crippen LogP contribution in [0.25, 0.3) is 10.9 Å². The minimum Gasteiger partial charge on any atom is -0.361 e.